The van der Waals surface area contributed by atoms with Gasteiger partial charge in [-0.3, -0.25) is 0 Å². The zero-order valence-electron chi connectivity index (χ0n) is 8.07. The number of aromatic nitrogens is 2. The Bertz CT molecular complexity index is 508. The molecule has 0 amide bonds. The molecule has 0 saturated heterocycles. The van der Waals surface area contributed by atoms with E-state index in [4.69, 9.17) is 0 Å². The highest BCUT2D eigenvalue weighted by molar-refractivity contribution is 9.10. The van der Waals surface area contributed by atoms with E-state index in [0.29, 0.717) is 6.04 Å². The van der Waals surface area contributed by atoms with E-state index in [-0.39, 0.29) is 0 Å². The standard InChI is InChI=1S/C11H10BrN3/c12-8-2-1-7-6-13-11(14-9-3-4-9)15-10(7)5-8/h1-2,5-6,9H,3-4H2,(H,13,14,15). The van der Waals surface area contributed by atoms with E-state index in [2.05, 4.69) is 31.2 Å². The van der Waals surface area contributed by atoms with Gasteiger partial charge >= 0.3 is 0 Å². The first-order valence-corrected chi connectivity index (χ1v) is 5.79. The first-order valence-electron chi connectivity index (χ1n) is 5.00. The van der Waals surface area contributed by atoms with Crippen LogP contribution < -0.4 is 5.32 Å². The molecule has 0 spiro atoms. The van der Waals surface area contributed by atoms with Crippen molar-refractivity contribution in [3.05, 3.63) is 28.9 Å². The molecule has 1 aliphatic rings. The van der Waals surface area contributed by atoms with Crippen LogP contribution in [-0.2, 0) is 0 Å². The molecule has 0 unspecified atom stereocenters. The summed E-state index contributed by atoms with van der Waals surface area (Å²) in [5, 5.41) is 4.36. The molecule has 3 rings (SSSR count). The minimum Gasteiger partial charge on any atom is -0.351 e. The smallest absolute Gasteiger partial charge is 0.223 e. The molecule has 2 aromatic rings. The molecule has 15 heavy (non-hydrogen) atoms. The number of fused-ring (bicyclic) bond motifs is 1. The number of anilines is 1. The monoisotopic (exact) mass is 263 g/mol. The number of hydrogen-bond donors (Lipinski definition) is 1. The molecule has 1 aliphatic carbocycles. The lowest BCUT2D eigenvalue weighted by molar-refractivity contribution is 1.07. The lowest BCUT2D eigenvalue weighted by atomic mass is 10.2. The fourth-order valence-corrected chi connectivity index (χ4v) is 1.83. The van der Waals surface area contributed by atoms with Crippen molar-refractivity contribution >= 4 is 32.8 Å². The second-order valence-electron chi connectivity index (χ2n) is 3.82. The summed E-state index contributed by atoms with van der Waals surface area (Å²) >= 11 is 3.44. The highest BCUT2D eigenvalue weighted by Gasteiger charge is 2.21. The second kappa shape index (κ2) is 3.45. The van der Waals surface area contributed by atoms with Gasteiger partial charge in [0.25, 0.3) is 0 Å². The Balaban J connectivity index is 2.03. The Morgan fingerprint density at radius 2 is 2.20 bits per heavy atom. The number of halogens is 1. The molecule has 76 valence electrons. The minimum absolute atomic E-state index is 0.592. The average molecular weight is 264 g/mol. The highest BCUT2D eigenvalue weighted by atomic mass is 79.9. The van der Waals surface area contributed by atoms with Gasteiger partial charge in [-0.25, -0.2) is 9.97 Å². The van der Waals surface area contributed by atoms with Crippen LogP contribution in [0.25, 0.3) is 10.9 Å². The quantitative estimate of drug-likeness (QED) is 0.906. The first kappa shape index (κ1) is 9.09. The minimum atomic E-state index is 0.592. The first-order chi connectivity index (χ1) is 7.31. The van der Waals surface area contributed by atoms with E-state index >= 15 is 0 Å². The average Bonchev–Trinajstić information content (AvgIpc) is 3.01. The Labute approximate surface area is 96.1 Å². The van der Waals surface area contributed by atoms with Gasteiger partial charge in [-0.1, -0.05) is 22.0 Å². The summed E-state index contributed by atoms with van der Waals surface area (Å²) in [7, 11) is 0. The summed E-state index contributed by atoms with van der Waals surface area (Å²) in [4.78, 5) is 8.74. The van der Waals surface area contributed by atoms with Gasteiger partial charge in [-0.2, -0.15) is 0 Å². The van der Waals surface area contributed by atoms with Crippen LogP contribution >= 0.6 is 15.9 Å². The molecule has 1 heterocycles. The number of nitrogens with one attached hydrogen (secondary N) is 1. The zero-order valence-corrected chi connectivity index (χ0v) is 9.66. The van der Waals surface area contributed by atoms with Gasteiger partial charge in [0.2, 0.25) is 5.95 Å². The normalized spacial score (nSPS) is 15.5. The Morgan fingerprint density at radius 3 is 3.00 bits per heavy atom. The predicted octanol–water partition coefficient (Wildman–Crippen LogP) is 2.97. The summed E-state index contributed by atoms with van der Waals surface area (Å²) < 4.78 is 1.05. The summed E-state index contributed by atoms with van der Waals surface area (Å²) in [6.07, 6.45) is 4.33. The highest BCUT2D eigenvalue weighted by Crippen LogP contribution is 2.24. The maximum atomic E-state index is 4.46. The SMILES string of the molecule is Brc1ccc2cnc(NC3CC3)nc2c1. The van der Waals surface area contributed by atoms with Crippen LogP contribution in [0, 0.1) is 0 Å². The van der Waals surface area contributed by atoms with E-state index in [1.807, 2.05) is 24.4 Å². The maximum absolute atomic E-state index is 4.46. The van der Waals surface area contributed by atoms with E-state index in [9.17, 15) is 0 Å². The molecule has 0 aliphatic heterocycles. The molecule has 0 bridgehead atoms. The van der Waals surface area contributed by atoms with E-state index in [1.54, 1.807) is 0 Å². The molecule has 1 fully saturated rings. The third-order valence-corrected chi connectivity index (χ3v) is 2.95. The van der Waals surface area contributed by atoms with Crippen LogP contribution in [0.1, 0.15) is 12.8 Å². The molecule has 0 radical (unpaired) electrons. The topological polar surface area (TPSA) is 37.8 Å². The molecule has 1 aromatic heterocycles. The van der Waals surface area contributed by atoms with Crippen molar-refractivity contribution in [2.75, 3.05) is 5.32 Å². The number of benzene rings is 1. The van der Waals surface area contributed by atoms with Crippen molar-refractivity contribution in [1.29, 1.82) is 0 Å². The van der Waals surface area contributed by atoms with Crippen LogP contribution in [0.2, 0.25) is 0 Å². The fourth-order valence-electron chi connectivity index (χ4n) is 1.48. The second-order valence-corrected chi connectivity index (χ2v) is 4.73. The van der Waals surface area contributed by atoms with Crippen LogP contribution in [0.4, 0.5) is 5.95 Å². The maximum Gasteiger partial charge on any atom is 0.223 e. The Morgan fingerprint density at radius 1 is 1.33 bits per heavy atom. The van der Waals surface area contributed by atoms with Gasteiger partial charge in [0.15, 0.2) is 0 Å². The van der Waals surface area contributed by atoms with Crippen LogP contribution in [0.3, 0.4) is 0 Å². The van der Waals surface area contributed by atoms with Gasteiger partial charge in [0.1, 0.15) is 0 Å². The van der Waals surface area contributed by atoms with Crippen molar-refractivity contribution in [3.8, 4) is 0 Å². The van der Waals surface area contributed by atoms with Crippen LogP contribution in [0.15, 0.2) is 28.9 Å². The third kappa shape index (κ3) is 1.95. The van der Waals surface area contributed by atoms with Gasteiger partial charge in [-0.15, -0.1) is 0 Å². The molecular weight excluding hydrogens is 254 g/mol. The molecular formula is C11H10BrN3. The molecule has 1 aromatic carbocycles. The summed E-state index contributed by atoms with van der Waals surface area (Å²) in [6, 6.07) is 6.62. The number of hydrogen-bond acceptors (Lipinski definition) is 3. The third-order valence-electron chi connectivity index (χ3n) is 2.46. The largest absolute Gasteiger partial charge is 0.351 e. The van der Waals surface area contributed by atoms with E-state index in [1.165, 1.54) is 12.8 Å². The number of nitrogens with zero attached hydrogens (tertiary/aromatic N) is 2. The van der Waals surface area contributed by atoms with E-state index in [0.717, 1.165) is 21.3 Å². The van der Waals surface area contributed by atoms with Gasteiger partial charge in [-0.05, 0) is 25.0 Å². The Kier molecular flexibility index (Phi) is 2.09. The Hall–Kier alpha value is -1.16. The molecule has 0 atom stereocenters. The molecule has 1 N–H and O–H groups in total. The summed E-state index contributed by atoms with van der Waals surface area (Å²) in [6.45, 7) is 0. The summed E-state index contributed by atoms with van der Waals surface area (Å²) in [5.41, 5.74) is 0.975. The van der Waals surface area contributed by atoms with Crippen LogP contribution in [0.5, 0.6) is 0 Å². The molecule has 3 nitrogen and oxygen atoms in total. The van der Waals surface area contributed by atoms with Crippen molar-refractivity contribution in [2.24, 2.45) is 0 Å². The fraction of sp³-hybridized carbons (Fsp3) is 0.273. The van der Waals surface area contributed by atoms with Crippen molar-refractivity contribution in [2.45, 2.75) is 18.9 Å². The molecule has 4 heteroatoms. The lowest BCUT2D eigenvalue weighted by Gasteiger charge is -2.03. The van der Waals surface area contributed by atoms with Gasteiger partial charge in [0.05, 0.1) is 5.52 Å². The summed E-state index contributed by atoms with van der Waals surface area (Å²) in [5.74, 6) is 0.739. The van der Waals surface area contributed by atoms with E-state index < -0.39 is 0 Å². The van der Waals surface area contributed by atoms with Crippen molar-refractivity contribution in [1.82, 2.24) is 9.97 Å². The van der Waals surface area contributed by atoms with Crippen molar-refractivity contribution < 1.29 is 0 Å². The molecule has 1 saturated carbocycles. The predicted molar refractivity (Wildman–Crippen MR) is 63.9 cm³/mol. The lowest BCUT2D eigenvalue weighted by Crippen LogP contribution is -2.04. The number of rotatable bonds is 2. The van der Waals surface area contributed by atoms with Crippen LogP contribution in [-0.4, -0.2) is 16.0 Å². The van der Waals surface area contributed by atoms with Crippen molar-refractivity contribution in [3.63, 3.8) is 0 Å². The van der Waals surface area contributed by atoms with Gasteiger partial charge in [0, 0.05) is 22.1 Å². The zero-order chi connectivity index (χ0) is 10.3. The van der Waals surface area contributed by atoms with Gasteiger partial charge < -0.3 is 5.32 Å².